The predicted molar refractivity (Wildman–Crippen MR) is 74.6 cm³/mol. The molecule has 1 saturated heterocycles. The molecule has 1 N–H and O–H groups in total. The maximum absolute atomic E-state index is 3.52. The molecule has 1 aromatic carbocycles. The zero-order valence-electron chi connectivity index (χ0n) is 11.1. The topological polar surface area (TPSA) is 15.3 Å². The molecule has 17 heavy (non-hydrogen) atoms. The van der Waals surface area contributed by atoms with Crippen LogP contribution in [-0.2, 0) is 0 Å². The van der Waals surface area contributed by atoms with E-state index in [0.29, 0.717) is 6.04 Å². The van der Waals surface area contributed by atoms with Gasteiger partial charge in [-0.15, -0.1) is 0 Å². The standard InChI is InChI=1S/C15H24N2/c1-3-15(16-4-2)13-7-9-14(10-8-13)17-11-5-6-12-17/h7-10,15-16H,3-6,11-12H2,1-2H3. The van der Waals surface area contributed by atoms with Crippen LogP contribution in [0.5, 0.6) is 0 Å². The largest absolute Gasteiger partial charge is 0.372 e. The molecule has 2 rings (SSSR count). The van der Waals surface area contributed by atoms with Crippen LogP contribution in [0, 0.1) is 0 Å². The molecular weight excluding hydrogens is 208 g/mol. The molecular formula is C15H24N2. The minimum Gasteiger partial charge on any atom is -0.372 e. The molecule has 1 heterocycles. The average molecular weight is 232 g/mol. The number of benzene rings is 1. The summed E-state index contributed by atoms with van der Waals surface area (Å²) in [5, 5.41) is 3.52. The molecule has 2 heteroatoms. The van der Waals surface area contributed by atoms with Gasteiger partial charge in [0.1, 0.15) is 0 Å². The molecule has 0 aliphatic carbocycles. The Morgan fingerprint density at radius 3 is 2.29 bits per heavy atom. The quantitative estimate of drug-likeness (QED) is 0.837. The second-order valence-corrected chi connectivity index (χ2v) is 4.80. The van der Waals surface area contributed by atoms with Gasteiger partial charge in [-0.2, -0.15) is 0 Å². The maximum atomic E-state index is 3.52. The van der Waals surface area contributed by atoms with Crippen molar-refractivity contribution in [3.8, 4) is 0 Å². The minimum absolute atomic E-state index is 0.507. The fraction of sp³-hybridized carbons (Fsp3) is 0.600. The van der Waals surface area contributed by atoms with Crippen molar-refractivity contribution < 1.29 is 0 Å². The first-order valence-electron chi connectivity index (χ1n) is 6.93. The molecule has 1 unspecified atom stereocenters. The lowest BCUT2D eigenvalue weighted by Gasteiger charge is -2.20. The van der Waals surface area contributed by atoms with Crippen molar-refractivity contribution >= 4 is 5.69 Å². The van der Waals surface area contributed by atoms with Crippen LogP contribution in [0.25, 0.3) is 0 Å². The fourth-order valence-electron chi connectivity index (χ4n) is 2.64. The summed E-state index contributed by atoms with van der Waals surface area (Å²) in [6, 6.07) is 9.63. The van der Waals surface area contributed by atoms with E-state index < -0.39 is 0 Å². The van der Waals surface area contributed by atoms with Gasteiger partial charge in [-0.3, -0.25) is 0 Å². The van der Waals surface area contributed by atoms with E-state index in [1.54, 1.807) is 0 Å². The Kier molecular flexibility index (Phi) is 4.43. The zero-order valence-corrected chi connectivity index (χ0v) is 11.1. The van der Waals surface area contributed by atoms with Crippen LogP contribution in [0.3, 0.4) is 0 Å². The van der Waals surface area contributed by atoms with Crippen LogP contribution < -0.4 is 10.2 Å². The summed E-state index contributed by atoms with van der Waals surface area (Å²) < 4.78 is 0. The lowest BCUT2D eigenvalue weighted by Crippen LogP contribution is -2.20. The van der Waals surface area contributed by atoms with Crippen LogP contribution >= 0.6 is 0 Å². The highest BCUT2D eigenvalue weighted by atomic mass is 15.1. The van der Waals surface area contributed by atoms with E-state index in [2.05, 4.69) is 48.3 Å². The van der Waals surface area contributed by atoms with E-state index in [0.717, 1.165) is 13.0 Å². The first kappa shape index (κ1) is 12.4. The van der Waals surface area contributed by atoms with Gasteiger partial charge in [0.05, 0.1) is 0 Å². The highest BCUT2D eigenvalue weighted by Gasteiger charge is 2.13. The Bertz CT molecular complexity index is 325. The molecule has 1 atom stereocenters. The molecule has 0 aromatic heterocycles. The van der Waals surface area contributed by atoms with Crippen LogP contribution in [0.4, 0.5) is 5.69 Å². The lowest BCUT2D eigenvalue weighted by atomic mass is 10.0. The highest BCUT2D eigenvalue weighted by molar-refractivity contribution is 5.48. The fourth-order valence-corrected chi connectivity index (χ4v) is 2.64. The first-order valence-corrected chi connectivity index (χ1v) is 6.93. The Hall–Kier alpha value is -1.02. The Balaban J connectivity index is 2.05. The molecule has 0 bridgehead atoms. The van der Waals surface area contributed by atoms with Crippen molar-refractivity contribution in [2.45, 2.75) is 39.2 Å². The second-order valence-electron chi connectivity index (χ2n) is 4.80. The van der Waals surface area contributed by atoms with Gasteiger partial charge in [0.25, 0.3) is 0 Å². The van der Waals surface area contributed by atoms with Crippen molar-refractivity contribution in [2.75, 3.05) is 24.5 Å². The molecule has 1 aromatic rings. The normalized spacial score (nSPS) is 17.4. The van der Waals surface area contributed by atoms with Crippen molar-refractivity contribution in [3.63, 3.8) is 0 Å². The van der Waals surface area contributed by atoms with Crippen molar-refractivity contribution in [2.24, 2.45) is 0 Å². The summed E-state index contributed by atoms with van der Waals surface area (Å²) in [5.74, 6) is 0. The monoisotopic (exact) mass is 232 g/mol. The molecule has 0 spiro atoms. The van der Waals surface area contributed by atoms with E-state index in [1.165, 1.54) is 37.2 Å². The predicted octanol–water partition coefficient (Wildman–Crippen LogP) is 3.35. The highest BCUT2D eigenvalue weighted by Crippen LogP contribution is 2.23. The minimum atomic E-state index is 0.507. The molecule has 1 aliphatic heterocycles. The van der Waals surface area contributed by atoms with Crippen LogP contribution in [0.1, 0.15) is 44.7 Å². The number of nitrogens with zero attached hydrogens (tertiary/aromatic N) is 1. The summed E-state index contributed by atoms with van der Waals surface area (Å²) >= 11 is 0. The maximum Gasteiger partial charge on any atom is 0.0366 e. The number of hydrogen-bond acceptors (Lipinski definition) is 2. The molecule has 0 amide bonds. The molecule has 0 radical (unpaired) electrons. The third-order valence-corrected chi connectivity index (χ3v) is 3.63. The second kappa shape index (κ2) is 6.06. The molecule has 1 aliphatic rings. The van der Waals surface area contributed by atoms with Gasteiger partial charge in [-0.05, 0) is 43.5 Å². The van der Waals surface area contributed by atoms with Gasteiger partial charge in [0, 0.05) is 24.8 Å². The third kappa shape index (κ3) is 3.01. The van der Waals surface area contributed by atoms with Crippen molar-refractivity contribution in [1.29, 1.82) is 0 Å². The van der Waals surface area contributed by atoms with Gasteiger partial charge in [-0.1, -0.05) is 26.0 Å². The van der Waals surface area contributed by atoms with Crippen molar-refractivity contribution in [3.05, 3.63) is 29.8 Å². The van der Waals surface area contributed by atoms with Crippen LogP contribution in [0.2, 0.25) is 0 Å². The summed E-state index contributed by atoms with van der Waals surface area (Å²) in [6.07, 6.45) is 3.84. The Morgan fingerprint density at radius 1 is 1.12 bits per heavy atom. The van der Waals surface area contributed by atoms with Crippen LogP contribution in [0.15, 0.2) is 24.3 Å². The number of anilines is 1. The van der Waals surface area contributed by atoms with Gasteiger partial charge in [0.2, 0.25) is 0 Å². The first-order chi connectivity index (χ1) is 8.35. The van der Waals surface area contributed by atoms with Gasteiger partial charge < -0.3 is 10.2 Å². The number of rotatable bonds is 5. The zero-order chi connectivity index (χ0) is 12.1. The number of hydrogen-bond donors (Lipinski definition) is 1. The smallest absolute Gasteiger partial charge is 0.0366 e. The molecule has 94 valence electrons. The SMILES string of the molecule is CCNC(CC)c1ccc(N2CCCC2)cc1. The van der Waals surface area contributed by atoms with Gasteiger partial charge >= 0.3 is 0 Å². The Labute approximate surface area is 105 Å². The van der Waals surface area contributed by atoms with Gasteiger partial charge in [0.15, 0.2) is 0 Å². The van der Waals surface area contributed by atoms with E-state index in [1.807, 2.05) is 0 Å². The average Bonchev–Trinajstić information content (AvgIpc) is 2.90. The van der Waals surface area contributed by atoms with Crippen molar-refractivity contribution in [1.82, 2.24) is 5.32 Å². The lowest BCUT2D eigenvalue weighted by molar-refractivity contribution is 0.537. The van der Waals surface area contributed by atoms with E-state index >= 15 is 0 Å². The number of nitrogens with one attached hydrogen (secondary N) is 1. The summed E-state index contributed by atoms with van der Waals surface area (Å²) in [6.45, 7) is 7.89. The van der Waals surface area contributed by atoms with Crippen LogP contribution in [-0.4, -0.2) is 19.6 Å². The molecule has 0 saturated carbocycles. The summed E-state index contributed by atoms with van der Waals surface area (Å²) in [5.41, 5.74) is 2.80. The third-order valence-electron chi connectivity index (χ3n) is 3.63. The van der Waals surface area contributed by atoms with E-state index in [9.17, 15) is 0 Å². The molecule has 2 nitrogen and oxygen atoms in total. The summed E-state index contributed by atoms with van der Waals surface area (Å²) in [7, 11) is 0. The molecule has 1 fully saturated rings. The van der Waals surface area contributed by atoms with Gasteiger partial charge in [-0.25, -0.2) is 0 Å². The van der Waals surface area contributed by atoms with E-state index in [-0.39, 0.29) is 0 Å². The summed E-state index contributed by atoms with van der Waals surface area (Å²) in [4.78, 5) is 2.48. The van der Waals surface area contributed by atoms with E-state index in [4.69, 9.17) is 0 Å². The Morgan fingerprint density at radius 2 is 1.76 bits per heavy atom.